The summed E-state index contributed by atoms with van der Waals surface area (Å²) < 4.78 is 0. The van der Waals surface area contributed by atoms with Gasteiger partial charge in [-0.05, 0) is 0 Å². The van der Waals surface area contributed by atoms with Gasteiger partial charge in [0.1, 0.15) is 0 Å². The van der Waals surface area contributed by atoms with E-state index in [0.717, 1.165) is 0 Å². The van der Waals surface area contributed by atoms with Crippen molar-refractivity contribution in [3.8, 4) is 0 Å². The van der Waals surface area contributed by atoms with Crippen molar-refractivity contribution in [1.29, 1.82) is 0 Å². The second kappa shape index (κ2) is 95.3. The van der Waals surface area contributed by atoms with E-state index >= 15 is 0 Å². The lowest BCUT2D eigenvalue weighted by Crippen LogP contribution is -1.77. The van der Waals surface area contributed by atoms with Crippen molar-refractivity contribution >= 4 is 0 Å². The minimum atomic E-state index is 0. The average molecular weight is 888 g/mol. The smallest absolute Gasteiger partial charge is 0.0533 e. The molecule has 2 nitrogen and oxygen atoms in total. The molecule has 0 aliphatic rings. The zero-order chi connectivity index (χ0) is 45.9. The minimum Gasteiger partial charge on any atom is -0.344 e. The topological polar surface area (TPSA) is 70.0 Å². The zero-order valence-electron chi connectivity index (χ0n) is 47.4. The first kappa shape index (κ1) is 79.0. The Morgan fingerprint density at radius 2 is 0.145 bits per heavy atom. The Kier molecular flexibility index (Phi) is 121. The van der Waals surface area contributed by atoms with Crippen LogP contribution in [0.15, 0.2) is 0 Å². The zero-order valence-corrected chi connectivity index (χ0v) is 47.4. The van der Waals surface area contributed by atoms with Crippen LogP contribution in [0.5, 0.6) is 0 Å². The molecule has 6 N–H and O–H groups in total. The summed E-state index contributed by atoms with van der Waals surface area (Å²) in [4.78, 5) is 0. The fourth-order valence-corrected chi connectivity index (χ4v) is 7.24. The van der Waals surface area contributed by atoms with E-state index in [0.29, 0.717) is 0 Å². The van der Waals surface area contributed by atoms with Crippen molar-refractivity contribution in [1.82, 2.24) is 12.3 Å². The van der Waals surface area contributed by atoms with Crippen molar-refractivity contribution in [3.05, 3.63) is 0 Å². The molecule has 0 aromatic rings. The molecule has 0 aliphatic carbocycles. The van der Waals surface area contributed by atoms with Gasteiger partial charge in [-0.1, -0.05) is 391 Å². The molecule has 0 bridgehead atoms. The van der Waals surface area contributed by atoms with Gasteiger partial charge in [-0.2, -0.15) is 0 Å². The average Bonchev–Trinajstić information content (AvgIpc) is 3.27. The Balaban J connectivity index is -0.0000000935. The molecule has 0 rings (SSSR count). The van der Waals surface area contributed by atoms with Crippen molar-refractivity contribution < 1.29 is 0 Å². The molecule has 62 heavy (non-hydrogen) atoms. The molecule has 0 aliphatic heterocycles. The van der Waals surface area contributed by atoms with Gasteiger partial charge in [0.15, 0.2) is 0 Å². The third-order valence-electron chi connectivity index (χ3n) is 11.7. The van der Waals surface area contributed by atoms with Gasteiger partial charge in [0.2, 0.25) is 0 Å². The molecule has 0 radical (unpaired) electrons. The molecule has 0 aromatic heterocycles. The third-order valence-corrected chi connectivity index (χ3v) is 11.7. The molecule has 388 valence electrons. The van der Waals surface area contributed by atoms with Crippen molar-refractivity contribution in [2.75, 3.05) is 0 Å². The van der Waals surface area contributed by atoms with Crippen molar-refractivity contribution in [3.63, 3.8) is 0 Å². The minimum absolute atomic E-state index is 0. The Bertz CT molecular complexity index is 377. The highest BCUT2D eigenvalue weighted by atomic mass is 14.0. The van der Waals surface area contributed by atoms with Crippen LogP contribution in [0.1, 0.15) is 391 Å². The van der Waals surface area contributed by atoms with Crippen LogP contribution in [0.4, 0.5) is 0 Å². The van der Waals surface area contributed by atoms with Gasteiger partial charge >= 0.3 is 0 Å². The molecule has 0 heterocycles. The summed E-state index contributed by atoms with van der Waals surface area (Å²) in [7, 11) is 0. The van der Waals surface area contributed by atoms with E-state index in [-0.39, 0.29) is 12.3 Å². The van der Waals surface area contributed by atoms with E-state index in [1.54, 1.807) is 0 Å². The largest absolute Gasteiger partial charge is 0.344 e. The molecular formula is C60H138N2. The fourth-order valence-electron chi connectivity index (χ4n) is 7.24. The lowest BCUT2D eigenvalue weighted by molar-refractivity contribution is 0.585. The number of unbranched alkanes of at least 4 members (excludes halogenated alkanes) is 42. The number of hydrogen-bond acceptors (Lipinski definition) is 2. The molecule has 0 unspecified atom stereocenters. The SMILES string of the molecule is CCCCCCCCCC.CCCCCCCCCC.CCCCCCCCCC.CCCCCCCCCC.CCCCCCCCCC.CCCCCCCCCC.N.N. The molecule has 0 atom stereocenters. The maximum Gasteiger partial charge on any atom is -0.0533 e. The van der Waals surface area contributed by atoms with E-state index in [1.165, 1.54) is 308 Å². The first-order chi connectivity index (χ1) is 29.5. The molecule has 0 aromatic carbocycles. The van der Waals surface area contributed by atoms with Crippen LogP contribution in [0.25, 0.3) is 0 Å². The van der Waals surface area contributed by atoms with Gasteiger partial charge < -0.3 is 12.3 Å². The summed E-state index contributed by atoms with van der Waals surface area (Å²) in [5.74, 6) is 0. The van der Waals surface area contributed by atoms with Gasteiger partial charge in [-0.15, -0.1) is 0 Å². The molecule has 0 saturated carbocycles. The maximum absolute atomic E-state index is 2.27. The van der Waals surface area contributed by atoms with E-state index in [9.17, 15) is 0 Å². The van der Waals surface area contributed by atoms with Gasteiger partial charge in [0, 0.05) is 0 Å². The molecular weight excluding hydrogens is 749 g/mol. The number of rotatable bonds is 42. The summed E-state index contributed by atoms with van der Waals surface area (Å²) in [6, 6.07) is 0. The predicted molar refractivity (Wildman–Crippen MR) is 300 cm³/mol. The van der Waals surface area contributed by atoms with Crippen LogP contribution in [-0.4, -0.2) is 0 Å². The van der Waals surface area contributed by atoms with Crippen molar-refractivity contribution in [2.45, 2.75) is 391 Å². The Morgan fingerprint density at radius 3 is 0.194 bits per heavy atom. The molecule has 0 saturated heterocycles. The highest BCUT2D eigenvalue weighted by Gasteiger charge is 1.92. The maximum atomic E-state index is 2.27. The van der Waals surface area contributed by atoms with Crippen LogP contribution < -0.4 is 12.3 Å². The van der Waals surface area contributed by atoms with Gasteiger partial charge in [0.25, 0.3) is 0 Å². The predicted octanol–water partition coefficient (Wildman–Crippen LogP) is 25.2. The second-order valence-electron chi connectivity index (χ2n) is 18.7. The van der Waals surface area contributed by atoms with E-state index < -0.39 is 0 Å². The van der Waals surface area contributed by atoms with E-state index in [4.69, 9.17) is 0 Å². The normalized spacial score (nSPS) is 9.87. The molecule has 0 amide bonds. The van der Waals surface area contributed by atoms with Crippen LogP contribution in [0.2, 0.25) is 0 Å². The molecule has 0 spiro atoms. The lowest BCUT2D eigenvalue weighted by Gasteiger charge is -1.97. The fraction of sp³-hybridized carbons (Fsp3) is 1.00. The Hall–Kier alpha value is -0.0800. The summed E-state index contributed by atoms with van der Waals surface area (Å²) >= 11 is 0. The van der Waals surface area contributed by atoms with Gasteiger partial charge in [0.05, 0.1) is 0 Å². The van der Waals surface area contributed by atoms with E-state index in [1.807, 2.05) is 0 Å². The van der Waals surface area contributed by atoms with Crippen molar-refractivity contribution in [2.24, 2.45) is 0 Å². The number of hydrogen-bond donors (Lipinski definition) is 2. The standard InChI is InChI=1S/6C10H22.2H3N/c6*1-3-5-7-9-10-8-6-4-2;;/h6*3-10H2,1-2H3;2*1H3. The highest BCUT2D eigenvalue weighted by Crippen LogP contribution is 2.11. The quantitative estimate of drug-likeness (QED) is 0.0600. The Labute approximate surface area is 402 Å². The van der Waals surface area contributed by atoms with Crippen LogP contribution in [-0.2, 0) is 0 Å². The summed E-state index contributed by atoms with van der Waals surface area (Å²) in [6.07, 6.45) is 68.8. The highest BCUT2D eigenvalue weighted by molar-refractivity contribution is 4.47. The monoisotopic (exact) mass is 887 g/mol. The lowest BCUT2D eigenvalue weighted by atomic mass is 10.1. The van der Waals surface area contributed by atoms with Crippen LogP contribution >= 0.6 is 0 Å². The molecule has 0 fully saturated rings. The first-order valence-corrected chi connectivity index (χ1v) is 29.5. The van der Waals surface area contributed by atoms with Crippen LogP contribution in [0.3, 0.4) is 0 Å². The van der Waals surface area contributed by atoms with Gasteiger partial charge in [-0.25, -0.2) is 0 Å². The molecule has 2 heteroatoms. The van der Waals surface area contributed by atoms with E-state index in [2.05, 4.69) is 83.1 Å². The summed E-state index contributed by atoms with van der Waals surface area (Å²) in [5, 5.41) is 0. The second-order valence-corrected chi connectivity index (χ2v) is 18.7. The third kappa shape index (κ3) is 118. The summed E-state index contributed by atoms with van der Waals surface area (Å²) in [5.41, 5.74) is 0. The Morgan fingerprint density at radius 1 is 0.0968 bits per heavy atom. The van der Waals surface area contributed by atoms with Gasteiger partial charge in [-0.3, -0.25) is 0 Å². The first-order valence-electron chi connectivity index (χ1n) is 29.5. The van der Waals surface area contributed by atoms with Crippen LogP contribution in [0, 0.1) is 0 Å². The summed E-state index contributed by atoms with van der Waals surface area (Å²) in [6.45, 7) is 27.2.